The molecule has 1 atom stereocenters. The second-order valence-corrected chi connectivity index (χ2v) is 6.11. The molecular formula is C18H16ClNO4. The van der Waals surface area contributed by atoms with Crippen molar-refractivity contribution >= 4 is 17.6 Å². The number of carbonyl (C=O) groups is 1. The Kier molecular flexibility index (Phi) is 4.20. The SMILES string of the molecule is CCC(C)(C(=O)O)c1nc(-c2ccc(Cl)cc2)oc1-c1ccco1. The maximum absolute atomic E-state index is 11.8. The highest BCUT2D eigenvalue weighted by atomic mass is 35.5. The second kappa shape index (κ2) is 6.17. The lowest BCUT2D eigenvalue weighted by Crippen LogP contribution is -2.32. The van der Waals surface area contributed by atoms with E-state index < -0.39 is 11.4 Å². The first kappa shape index (κ1) is 16.3. The van der Waals surface area contributed by atoms with Gasteiger partial charge in [0.1, 0.15) is 11.1 Å². The monoisotopic (exact) mass is 345 g/mol. The van der Waals surface area contributed by atoms with Gasteiger partial charge in [-0.25, -0.2) is 4.98 Å². The fourth-order valence-corrected chi connectivity index (χ4v) is 2.53. The maximum atomic E-state index is 11.8. The van der Waals surface area contributed by atoms with Gasteiger partial charge in [-0.2, -0.15) is 0 Å². The first-order chi connectivity index (χ1) is 11.5. The third-order valence-corrected chi connectivity index (χ3v) is 4.42. The number of halogens is 1. The molecule has 24 heavy (non-hydrogen) atoms. The van der Waals surface area contributed by atoms with Gasteiger partial charge < -0.3 is 13.9 Å². The van der Waals surface area contributed by atoms with Crippen LogP contribution in [0, 0.1) is 0 Å². The fraction of sp³-hybridized carbons (Fsp3) is 0.222. The van der Waals surface area contributed by atoms with Gasteiger partial charge in [-0.15, -0.1) is 0 Å². The number of furan rings is 1. The van der Waals surface area contributed by atoms with Crippen LogP contribution in [-0.2, 0) is 10.2 Å². The van der Waals surface area contributed by atoms with Gasteiger partial charge in [-0.05, 0) is 49.7 Å². The summed E-state index contributed by atoms with van der Waals surface area (Å²) in [5, 5.41) is 10.3. The number of oxazole rings is 1. The summed E-state index contributed by atoms with van der Waals surface area (Å²) in [5.41, 5.74) is -0.129. The van der Waals surface area contributed by atoms with E-state index in [1.165, 1.54) is 6.26 Å². The Balaban J connectivity index is 2.20. The van der Waals surface area contributed by atoms with E-state index in [1.807, 2.05) is 0 Å². The molecule has 2 heterocycles. The highest BCUT2D eigenvalue weighted by Gasteiger charge is 2.40. The minimum atomic E-state index is -1.18. The number of carboxylic acid groups (broad SMARTS) is 1. The number of hydrogen-bond acceptors (Lipinski definition) is 4. The van der Waals surface area contributed by atoms with Crippen LogP contribution in [0.2, 0.25) is 5.02 Å². The standard InChI is InChI=1S/C18H16ClNO4/c1-3-18(2,17(21)22)15-14(13-5-4-10-23-13)24-16(20-15)11-6-8-12(19)9-7-11/h4-10H,3H2,1-2H3,(H,21,22). The third-order valence-electron chi connectivity index (χ3n) is 4.17. The van der Waals surface area contributed by atoms with Crippen molar-refractivity contribution in [3.05, 3.63) is 53.4 Å². The van der Waals surface area contributed by atoms with Gasteiger partial charge in [0.25, 0.3) is 0 Å². The summed E-state index contributed by atoms with van der Waals surface area (Å²) in [6, 6.07) is 10.4. The Morgan fingerprint density at radius 2 is 2.00 bits per heavy atom. The zero-order valence-corrected chi connectivity index (χ0v) is 14.0. The van der Waals surface area contributed by atoms with Crippen LogP contribution in [0.5, 0.6) is 0 Å². The molecule has 3 aromatic rings. The van der Waals surface area contributed by atoms with Crippen LogP contribution in [-0.4, -0.2) is 16.1 Å². The highest BCUT2D eigenvalue weighted by Crippen LogP contribution is 2.38. The lowest BCUT2D eigenvalue weighted by atomic mass is 9.83. The van der Waals surface area contributed by atoms with Crippen molar-refractivity contribution in [3.8, 4) is 23.0 Å². The van der Waals surface area contributed by atoms with Gasteiger partial charge in [0, 0.05) is 10.6 Å². The molecule has 1 unspecified atom stereocenters. The van der Waals surface area contributed by atoms with E-state index in [2.05, 4.69) is 4.98 Å². The van der Waals surface area contributed by atoms with Gasteiger partial charge in [0.15, 0.2) is 11.5 Å². The Labute approximate surface area is 143 Å². The first-order valence-electron chi connectivity index (χ1n) is 7.50. The molecule has 0 bridgehead atoms. The van der Waals surface area contributed by atoms with Gasteiger partial charge in [0.2, 0.25) is 5.89 Å². The number of hydrogen-bond donors (Lipinski definition) is 1. The topological polar surface area (TPSA) is 76.5 Å². The molecule has 0 saturated heterocycles. The number of benzene rings is 1. The Bertz CT molecular complexity index is 852. The van der Waals surface area contributed by atoms with Crippen molar-refractivity contribution in [1.82, 2.24) is 4.98 Å². The van der Waals surface area contributed by atoms with Gasteiger partial charge in [-0.1, -0.05) is 18.5 Å². The van der Waals surface area contributed by atoms with Crippen LogP contribution >= 0.6 is 11.6 Å². The van der Waals surface area contributed by atoms with Crippen LogP contribution in [0.4, 0.5) is 0 Å². The summed E-state index contributed by atoms with van der Waals surface area (Å²) in [5.74, 6) is 0.137. The highest BCUT2D eigenvalue weighted by molar-refractivity contribution is 6.30. The second-order valence-electron chi connectivity index (χ2n) is 5.67. The molecule has 0 aliphatic carbocycles. The van der Waals surface area contributed by atoms with Crippen LogP contribution < -0.4 is 0 Å². The molecule has 5 nitrogen and oxygen atoms in total. The van der Waals surface area contributed by atoms with Gasteiger partial charge >= 0.3 is 5.97 Å². The molecule has 0 saturated carbocycles. The number of aliphatic carboxylic acids is 1. The zero-order chi connectivity index (χ0) is 17.3. The molecule has 0 spiro atoms. The predicted octanol–water partition coefficient (Wildman–Crippen LogP) is 5.01. The first-order valence-corrected chi connectivity index (χ1v) is 7.88. The summed E-state index contributed by atoms with van der Waals surface area (Å²) in [7, 11) is 0. The van der Waals surface area contributed by atoms with Crippen LogP contribution in [0.1, 0.15) is 26.0 Å². The molecule has 0 aliphatic rings. The van der Waals surface area contributed by atoms with E-state index in [9.17, 15) is 9.90 Å². The fourth-order valence-electron chi connectivity index (χ4n) is 2.40. The zero-order valence-electron chi connectivity index (χ0n) is 13.2. The normalized spacial score (nSPS) is 13.6. The van der Waals surface area contributed by atoms with Crippen molar-refractivity contribution in [3.63, 3.8) is 0 Å². The quantitative estimate of drug-likeness (QED) is 0.703. The smallest absolute Gasteiger partial charge is 0.315 e. The third kappa shape index (κ3) is 2.71. The van der Waals surface area contributed by atoms with E-state index in [4.69, 9.17) is 20.4 Å². The Hall–Kier alpha value is -2.53. The average Bonchev–Trinajstić information content (AvgIpc) is 3.23. The Morgan fingerprint density at radius 1 is 1.29 bits per heavy atom. The number of carboxylic acids is 1. The van der Waals surface area contributed by atoms with E-state index in [1.54, 1.807) is 50.2 Å². The number of aromatic nitrogens is 1. The largest absolute Gasteiger partial charge is 0.481 e. The van der Waals surface area contributed by atoms with Crippen molar-refractivity contribution < 1.29 is 18.7 Å². The molecule has 0 amide bonds. The van der Waals surface area contributed by atoms with Gasteiger partial charge in [0.05, 0.1) is 6.26 Å². The molecule has 1 N–H and O–H groups in total. The van der Waals surface area contributed by atoms with Crippen molar-refractivity contribution in [2.24, 2.45) is 0 Å². The van der Waals surface area contributed by atoms with Crippen LogP contribution in [0.15, 0.2) is 51.5 Å². The minimum absolute atomic E-state index is 0.328. The van der Waals surface area contributed by atoms with Crippen molar-refractivity contribution in [2.45, 2.75) is 25.7 Å². The minimum Gasteiger partial charge on any atom is -0.481 e. The molecule has 2 aromatic heterocycles. The molecule has 1 aromatic carbocycles. The van der Waals surface area contributed by atoms with Crippen LogP contribution in [0.3, 0.4) is 0 Å². The molecule has 6 heteroatoms. The summed E-state index contributed by atoms with van der Waals surface area (Å²) >= 11 is 5.91. The van der Waals surface area contributed by atoms with E-state index >= 15 is 0 Å². The average molecular weight is 346 g/mol. The van der Waals surface area contributed by atoms with Crippen LogP contribution in [0.25, 0.3) is 23.0 Å². The van der Waals surface area contributed by atoms with Crippen molar-refractivity contribution in [1.29, 1.82) is 0 Å². The van der Waals surface area contributed by atoms with Gasteiger partial charge in [-0.3, -0.25) is 4.79 Å². The van der Waals surface area contributed by atoms with E-state index in [0.29, 0.717) is 40.1 Å². The number of nitrogens with zero attached hydrogens (tertiary/aromatic N) is 1. The molecule has 0 radical (unpaired) electrons. The lowest BCUT2D eigenvalue weighted by molar-refractivity contribution is -0.143. The molecule has 3 rings (SSSR count). The van der Waals surface area contributed by atoms with E-state index in [0.717, 1.165) is 0 Å². The molecule has 0 aliphatic heterocycles. The summed E-state index contributed by atoms with van der Waals surface area (Å²) in [6.07, 6.45) is 1.87. The molecule has 124 valence electrons. The predicted molar refractivity (Wildman–Crippen MR) is 89.9 cm³/mol. The maximum Gasteiger partial charge on any atom is 0.315 e. The summed E-state index contributed by atoms with van der Waals surface area (Å²) in [4.78, 5) is 16.3. The molecular weight excluding hydrogens is 330 g/mol. The van der Waals surface area contributed by atoms with E-state index in [-0.39, 0.29) is 0 Å². The Morgan fingerprint density at radius 3 is 2.54 bits per heavy atom. The lowest BCUT2D eigenvalue weighted by Gasteiger charge is -2.20. The summed E-state index contributed by atoms with van der Waals surface area (Å²) in [6.45, 7) is 3.43. The molecule has 0 fully saturated rings. The summed E-state index contributed by atoms with van der Waals surface area (Å²) < 4.78 is 11.3. The van der Waals surface area contributed by atoms with Crippen molar-refractivity contribution in [2.75, 3.05) is 0 Å². The number of rotatable bonds is 5.